The third-order valence-corrected chi connectivity index (χ3v) is 3.51. The molecule has 120 valence electrons. The van der Waals surface area contributed by atoms with Crippen LogP contribution in [0.1, 0.15) is 31.7 Å². The molecule has 0 saturated carbocycles. The maximum absolute atomic E-state index is 13.6. The molecule has 0 bridgehead atoms. The number of aromatic nitrogens is 2. The quantitative estimate of drug-likeness (QED) is 0.782. The monoisotopic (exact) mass is 305 g/mol. The second kappa shape index (κ2) is 7.49. The average Bonchev–Trinajstić information content (AvgIpc) is 2.90. The molecule has 0 amide bonds. The van der Waals surface area contributed by atoms with E-state index in [4.69, 9.17) is 4.52 Å². The Morgan fingerprint density at radius 1 is 1.32 bits per heavy atom. The Hall–Kier alpha value is -1.75. The van der Waals surface area contributed by atoms with Crippen LogP contribution in [0, 0.1) is 18.7 Å². The highest BCUT2D eigenvalue weighted by Crippen LogP contribution is 2.19. The van der Waals surface area contributed by atoms with Gasteiger partial charge in [0.05, 0.1) is 0 Å². The summed E-state index contributed by atoms with van der Waals surface area (Å²) in [6, 6.07) is 4.98. The first-order valence-electron chi connectivity index (χ1n) is 7.73. The Balaban J connectivity index is 1.90. The van der Waals surface area contributed by atoms with Gasteiger partial charge in [0.15, 0.2) is 0 Å². The fourth-order valence-electron chi connectivity index (χ4n) is 2.42. The zero-order chi connectivity index (χ0) is 16.1. The Morgan fingerprint density at radius 2 is 2.09 bits per heavy atom. The van der Waals surface area contributed by atoms with Crippen LogP contribution in [-0.4, -0.2) is 35.2 Å². The lowest BCUT2D eigenvalue weighted by molar-refractivity contribution is 0.285. The Labute approximate surface area is 131 Å². The van der Waals surface area contributed by atoms with Gasteiger partial charge in [-0.3, -0.25) is 0 Å². The molecular weight excluding hydrogens is 281 g/mol. The predicted octanol–water partition coefficient (Wildman–Crippen LogP) is 3.70. The van der Waals surface area contributed by atoms with E-state index in [-0.39, 0.29) is 5.82 Å². The van der Waals surface area contributed by atoms with E-state index >= 15 is 0 Å². The SMILES string of the molecule is Cc1ccc(-c2noc(CCCN(C)CC(C)C)n2)cc1F. The fraction of sp³-hybridized carbons (Fsp3) is 0.529. The number of halogens is 1. The summed E-state index contributed by atoms with van der Waals surface area (Å²) in [7, 11) is 2.12. The Morgan fingerprint density at radius 3 is 2.77 bits per heavy atom. The van der Waals surface area contributed by atoms with Crippen molar-refractivity contribution in [1.29, 1.82) is 0 Å². The lowest BCUT2D eigenvalue weighted by Gasteiger charge is -2.17. The van der Waals surface area contributed by atoms with Crippen molar-refractivity contribution >= 4 is 0 Å². The largest absolute Gasteiger partial charge is 0.339 e. The van der Waals surface area contributed by atoms with Crippen LogP contribution in [0.4, 0.5) is 4.39 Å². The minimum Gasteiger partial charge on any atom is -0.339 e. The summed E-state index contributed by atoms with van der Waals surface area (Å²) >= 11 is 0. The second-order valence-electron chi connectivity index (χ2n) is 6.24. The summed E-state index contributed by atoms with van der Waals surface area (Å²) in [5, 5.41) is 3.94. The fourth-order valence-corrected chi connectivity index (χ4v) is 2.42. The summed E-state index contributed by atoms with van der Waals surface area (Å²) < 4.78 is 18.8. The van der Waals surface area contributed by atoms with E-state index in [1.165, 1.54) is 6.07 Å². The van der Waals surface area contributed by atoms with Crippen LogP contribution in [-0.2, 0) is 6.42 Å². The number of aryl methyl sites for hydroxylation is 2. The van der Waals surface area contributed by atoms with Gasteiger partial charge >= 0.3 is 0 Å². The van der Waals surface area contributed by atoms with E-state index in [1.54, 1.807) is 13.0 Å². The van der Waals surface area contributed by atoms with E-state index in [2.05, 4.69) is 35.9 Å². The van der Waals surface area contributed by atoms with E-state index in [0.717, 1.165) is 25.9 Å². The Bertz CT molecular complexity index is 610. The molecule has 0 aliphatic rings. The average molecular weight is 305 g/mol. The van der Waals surface area contributed by atoms with Crippen LogP contribution >= 0.6 is 0 Å². The minimum atomic E-state index is -0.251. The standard InChI is InChI=1S/C17H24FN3O/c1-12(2)11-21(4)9-5-6-16-19-17(20-22-16)14-8-7-13(3)15(18)10-14/h7-8,10,12H,5-6,9,11H2,1-4H3. The lowest BCUT2D eigenvalue weighted by atomic mass is 10.1. The maximum atomic E-state index is 13.6. The molecular formula is C17H24FN3O. The summed E-state index contributed by atoms with van der Waals surface area (Å²) in [5.74, 6) is 1.47. The molecule has 0 unspecified atom stereocenters. The van der Waals surface area contributed by atoms with Crippen molar-refractivity contribution in [2.45, 2.75) is 33.6 Å². The van der Waals surface area contributed by atoms with Crippen LogP contribution in [0.2, 0.25) is 0 Å². The summed E-state index contributed by atoms with van der Waals surface area (Å²) in [6.07, 6.45) is 1.71. The first kappa shape index (κ1) is 16.6. The number of nitrogens with zero attached hydrogens (tertiary/aromatic N) is 3. The maximum Gasteiger partial charge on any atom is 0.227 e. The predicted molar refractivity (Wildman–Crippen MR) is 85.1 cm³/mol. The molecule has 1 aromatic heterocycles. The molecule has 2 aromatic rings. The van der Waals surface area contributed by atoms with Crippen molar-refractivity contribution in [1.82, 2.24) is 15.0 Å². The van der Waals surface area contributed by atoms with E-state index in [0.29, 0.717) is 28.8 Å². The molecule has 0 aliphatic heterocycles. The molecule has 0 spiro atoms. The molecule has 4 nitrogen and oxygen atoms in total. The van der Waals surface area contributed by atoms with E-state index < -0.39 is 0 Å². The van der Waals surface area contributed by atoms with Gasteiger partial charge < -0.3 is 9.42 Å². The van der Waals surface area contributed by atoms with Gasteiger partial charge in [-0.05, 0) is 44.5 Å². The molecule has 0 atom stereocenters. The molecule has 0 fully saturated rings. The van der Waals surface area contributed by atoms with Crippen molar-refractivity contribution in [3.05, 3.63) is 35.5 Å². The second-order valence-corrected chi connectivity index (χ2v) is 6.24. The molecule has 5 heteroatoms. The third-order valence-electron chi connectivity index (χ3n) is 3.51. The van der Waals surface area contributed by atoms with Gasteiger partial charge in [0, 0.05) is 18.5 Å². The van der Waals surface area contributed by atoms with Gasteiger partial charge in [-0.15, -0.1) is 0 Å². The van der Waals surface area contributed by atoms with Gasteiger partial charge in [0.1, 0.15) is 5.82 Å². The van der Waals surface area contributed by atoms with Crippen molar-refractivity contribution in [3.8, 4) is 11.4 Å². The van der Waals surface area contributed by atoms with Crippen LogP contribution in [0.15, 0.2) is 22.7 Å². The zero-order valence-corrected chi connectivity index (χ0v) is 13.8. The first-order valence-corrected chi connectivity index (χ1v) is 7.73. The molecule has 1 heterocycles. The molecule has 22 heavy (non-hydrogen) atoms. The summed E-state index contributed by atoms with van der Waals surface area (Å²) in [6.45, 7) is 8.23. The number of hydrogen-bond acceptors (Lipinski definition) is 4. The number of rotatable bonds is 7. The van der Waals surface area contributed by atoms with Crippen molar-refractivity contribution in [2.75, 3.05) is 20.1 Å². The Kier molecular flexibility index (Phi) is 5.66. The molecule has 0 aliphatic carbocycles. The highest BCUT2D eigenvalue weighted by atomic mass is 19.1. The van der Waals surface area contributed by atoms with Crippen LogP contribution < -0.4 is 0 Å². The van der Waals surface area contributed by atoms with Gasteiger partial charge in [0.25, 0.3) is 0 Å². The third kappa shape index (κ3) is 4.63. The van der Waals surface area contributed by atoms with Crippen LogP contribution in [0.25, 0.3) is 11.4 Å². The van der Waals surface area contributed by atoms with Crippen molar-refractivity contribution < 1.29 is 8.91 Å². The zero-order valence-electron chi connectivity index (χ0n) is 13.8. The number of hydrogen-bond donors (Lipinski definition) is 0. The minimum absolute atomic E-state index is 0.251. The van der Waals surface area contributed by atoms with Gasteiger partial charge in [-0.25, -0.2) is 4.39 Å². The van der Waals surface area contributed by atoms with Crippen molar-refractivity contribution in [3.63, 3.8) is 0 Å². The smallest absolute Gasteiger partial charge is 0.227 e. The van der Waals surface area contributed by atoms with Crippen LogP contribution in [0.3, 0.4) is 0 Å². The van der Waals surface area contributed by atoms with E-state index in [9.17, 15) is 4.39 Å². The summed E-state index contributed by atoms with van der Waals surface area (Å²) in [5.41, 5.74) is 1.26. The highest BCUT2D eigenvalue weighted by Gasteiger charge is 2.10. The van der Waals surface area contributed by atoms with Gasteiger partial charge in [-0.1, -0.05) is 31.1 Å². The van der Waals surface area contributed by atoms with Gasteiger partial charge in [0.2, 0.25) is 11.7 Å². The van der Waals surface area contributed by atoms with Gasteiger partial charge in [-0.2, -0.15) is 4.98 Å². The molecule has 2 rings (SSSR count). The van der Waals surface area contributed by atoms with Crippen molar-refractivity contribution in [2.24, 2.45) is 5.92 Å². The number of benzene rings is 1. The molecule has 0 saturated heterocycles. The van der Waals surface area contributed by atoms with E-state index in [1.807, 2.05) is 6.07 Å². The highest BCUT2D eigenvalue weighted by molar-refractivity contribution is 5.54. The van der Waals surface area contributed by atoms with Crippen LogP contribution in [0.5, 0.6) is 0 Å². The molecule has 0 radical (unpaired) electrons. The lowest BCUT2D eigenvalue weighted by Crippen LogP contribution is -2.24. The summed E-state index contributed by atoms with van der Waals surface area (Å²) in [4.78, 5) is 6.65. The molecule has 0 N–H and O–H groups in total. The topological polar surface area (TPSA) is 42.2 Å². The normalized spacial score (nSPS) is 11.6. The first-order chi connectivity index (χ1) is 10.5. The molecule has 1 aromatic carbocycles.